The molecule has 1 aliphatic rings. The molecule has 9 aromatic carbocycles. The topological polar surface area (TPSA) is 16.3 Å². The van der Waals surface area contributed by atoms with Crippen LogP contribution < -0.4 is 9.80 Å². The lowest BCUT2D eigenvalue weighted by Gasteiger charge is -2.36. The second kappa shape index (κ2) is 16.6. The number of nitrogens with zero attached hydrogens (tertiary/aromatic N) is 4. The van der Waals surface area contributed by atoms with E-state index in [1.807, 2.05) is 0 Å². The van der Waals surface area contributed by atoms with Gasteiger partial charge in [0.25, 0.3) is 0 Å². The summed E-state index contributed by atoms with van der Waals surface area (Å²) in [6, 6.07) is 80.0. The molecule has 0 bridgehead atoms. The normalized spacial score (nSPS) is 14.8. The van der Waals surface area contributed by atoms with E-state index in [4.69, 9.17) is 0 Å². The molecule has 2 atom stereocenters. The van der Waals surface area contributed by atoms with Gasteiger partial charge in [-0.2, -0.15) is 0 Å². The lowest BCUT2D eigenvalue weighted by atomic mass is 9.91. The molecule has 0 spiro atoms. The lowest BCUT2D eigenvalue weighted by molar-refractivity contribution is 0.605. The van der Waals surface area contributed by atoms with Crippen LogP contribution in [0.25, 0.3) is 66.1 Å². The molecular weight excluding hydrogens is 813 g/mol. The van der Waals surface area contributed by atoms with Gasteiger partial charge in [-0.05, 0) is 140 Å². The summed E-state index contributed by atoms with van der Waals surface area (Å²) in [4.78, 5) is 4.90. The number of fused-ring (bicyclic) bond motifs is 6. The number of rotatable bonds is 9. The first-order chi connectivity index (χ1) is 33.0. The molecular formula is C63H50N4. The maximum atomic E-state index is 2.53. The van der Waals surface area contributed by atoms with E-state index < -0.39 is 0 Å². The third-order valence-corrected chi connectivity index (χ3v) is 13.7. The quantitative estimate of drug-likeness (QED) is 0.144. The van der Waals surface area contributed by atoms with Crippen LogP contribution in [-0.2, 0) is 0 Å². The fourth-order valence-electron chi connectivity index (χ4n) is 10.5. The van der Waals surface area contributed by atoms with Crippen molar-refractivity contribution in [3.8, 4) is 22.5 Å². The predicted octanol–water partition coefficient (Wildman–Crippen LogP) is 17.0. The number of anilines is 5. The van der Waals surface area contributed by atoms with E-state index in [1.54, 1.807) is 0 Å². The molecule has 2 unspecified atom stereocenters. The highest BCUT2D eigenvalue weighted by Crippen LogP contribution is 2.42. The van der Waals surface area contributed by atoms with Crippen molar-refractivity contribution in [1.29, 1.82) is 0 Å². The molecule has 0 N–H and O–H groups in total. The fraction of sp³-hybridized carbons (Fsp3) is 0.0794. The summed E-state index contributed by atoms with van der Waals surface area (Å²) < 4.78 is 4.76. The van der Waals surface area contributed by atoms with E-state index in [1.165, 1.54) is 77.2 Å². The van der Waals surface area contributed by atoms with Crippen LogP contribution in [0.4, 0.5) is 28.4 Å². The molecule has 11 aromatic rings. The summed E-state index contributed by atoms with van der Waals surface area (Å²) in [6.07, 6.45) is 7.05. The Labute approximate surface area is 392 Å². The zero-order valence-electron chi connectivity index (χ0n) is 38.0. The van der Waals surface area contributed by atoms with Crippen LogP contribution in [0.1, 0.15) is 19.4 Å². The van der Waals surface area contributed by atoms with Gasteiger partial charge in [-0.1, -0.05) is 145 Å². The van der Waals surface area contributed by atoms with Crippen LogP contribution in [0.3, 0.4) is 0 Å². The second-order valence-electron chi connectivity index (χ2n) is 18.0. The smallest absolute Gasteiger partial charge is 0.0585 e. The van der Waals surface area contributed by atoms with E-state index >= 15 is 0 Å². The molecule has 0 saturated heterocycles. The summed E-state index contributed by atoms with van der Waals surface area (Å²) in [5.41, 5.74) is 17.7. The molecule has 4 heteroatoms. The number of aryl methyl sites for hydroxylation is 1. The molecule has 2 aromatic heterocycles. The highest BCUT2D eigenvalue weighted by atomic mass is 15.2. The third-order valence-electron chi connectivity index (χ3n) is 13.7. The minimum Gasteiger partial charge on any atom is -0.334 e. The standard InChI is InChI=1S/C63H50N4/c1-43-22-29-50(30-23-43)64(53-35-38-62-57(41-53)55-18-10-12-20-60(55)66(62)48-14-6-4-7-15-48)51-31-25-46(26-32-51)47-27-33-52(34-28-47)65(59-37-24-44(2)40-45(59)3)54-36-39-63-58(42-54)56-19-11-13-21-61(56)67(63)49-16-8-5-9-17-49/h4-42,45,59H,1-3H3. The summed E-state index contributed by atoms with van der Waals surface area (Å²) in [6.45, 7) is 6.68. The van der Waals surface area contributed by atoms with E-state index in [9.17, 15) is 0 Å². The van der Waals surface area contributed by atoms with Crippen LogP contribution in [0.15, 0.2) is 242 Å². The van der Waals surface area contributed by atoms with Gasteiger partial charge in [0.2, 0.25) is 0 Å². The Morgan fingerprint density at radius 2 is 0.821 bits per heavy atom. The van der Waals surface area contributed by atoms with Crippen molar-refractivity contribution in [1.82, 2.24) is 9.13 Å². The van der Waals surface area contributed by atoms with Crippen LogP contribution in [0.2, 0.25) is 0 Å². The van der Waals surface area contributed by atoms with Crippen molar-refractivity contribution in [3.63, 3.8) is 0 Å². The Bertz CT molecular complexity index is 3650. The highest BCUT2D eigenvalue weighted by Gasteiger charge is 2.26. The first-order valence-electron chi connectivity index (χ1n) is 23.4. The Balaban J connectivity index is 0.911. The van der Waals surface area contributed by atoms with Gasteiger partial charge in [-0.3, -0.25) is 0 Å². The van der Waals surface area contributed by atoms with Crippen LogP contribution in [0.5, 0.6) is 0 Å². The zero-order chi connectivity index (χ0) is 45.0. The summed E-state index contributed by atoms with van der Waals surface area (Å²) >= 11 is 0. The molecule has 322 valence electrons. The predicted molar refractivity (Wildman–Crippen MR) is 284 cm³/mol. The highest BCUT2D eigenvalue weighted by molar-refractivity contribution is 6.11. The van der Waals surface area contributed by atoms with Crippen LogP contribution >= 0.6 is 0 Å². The van der Waals surface area contributed by atoms with E-state index in [0.29, 0.717) is 5.92 Å². The van der Waals surface area contributed by atoms with Crippen LogP contribution in [-0.4, -0.2) is 15.2 Å². The lowest BCUT2D eigenvalue weighted by Crippen LogP contribution is -2.35. The summed E-state index contributed by atoms with van der Waals surface area (Å²) in [5, 5.41) is 4.96. The molecule has 0 radical (unpaired) electrons. The molecule has 1 aliphatic carbocycles. The Hall–Kier alpha value is -8.34. The van der Waals surface area contributed by atoms with Gasteiger partial charge >= 0.3 is 0 Å². The van der Waals surface area contributed by atoms with Gasteiger partial charge < -0.3 is 18.9 Å². The van der Waals surface area contributed by atoms with Gasteiger partial charge in [0.1, 0.15) is 0 Å². The van der Waals surface area contributed by atoms with E-state index in [-0.39, 0.29) is 6.04 Å². The molecule has 67 heavy (non-hydrogen) atoms. The van der Waals surface area contributed by atoms with Gasteiger partial charge in [-0.25, -0.2) is 0 Å². The molecule has 0 amide bonds. The van der Waals surface area contributed by atoms with Crippen molar-refractivity contribution < 1.29 is 0 Å². The van der Waals surface area contributed by atoms with Gasteiger partial charge in [-0.15, -0.1) is 0 Å². The molecule has 0 aliphatic heterocycles. The molecule has 0 fully saturated rings. The van der Waals surface area contributed by atoms with E-state index in [0.717, 1.165) is 28.4 Å². The average Bonchev–Trinajstić information content (AvgIpc) is 3.89. The second-order valence-corrected chi connectivity index (χ2v) is 18.0. The van der Waals surface area contributed by atoms with Crippen LogP contribution in [0, 0.1) is 12.8 Å². The number of hydrogen-bond donors (Lipinski definition) is 0. The monoisotopic (exact) mass is 862 g/mol. The average molecular weight is 863 g/mol. The Morgan fingerprint density at radius 3 is 1.36 bits per heavy atom. The van der Waals surface area contributed by atoms with Crippen molar-refractivity contribution in [3.05, 3.63) is 248 Å². The molecule has 4 nitrogen and oxygen atoms in total. The first kappa shape index (κ1) is 40.2. The Morgan fingerprint density at radius 1 is 0.388 bits per heavy atom. The van der Waals surface area contributed by atoms with Crippen molar-refractivity contribution in [2.45, 2.75) is 26.8 Å². The Kier molecular flexibility index (Phi) is 9.95. The van der Waals surface area contributed by atoms with Gasteiger partial charge in [0.05, 0.1) is 28.1 Å². The third kappa shape index (κ3) is 7.10. The molecule has 2 heterocycles. The maximum absolute atomic E-state index is 2.53. The fourth-order valence-corrected chi connectivity index (χ4v) is 10.5. The van der Waals surface area contributed by atoms with Gasteiger partial charge in [0, 0.05) is 61.4 Å². The number of aromatic nitrogens is 2. The van der Waals surface area contributed by atoms with E-state index in [2.05, 4.69) is 276 Å². The van der Waals surface area contributed by atoms with Gasteiger partial charge in [0.15, 0.2) is 0 Å². The minimum atomic E-state index is 0.149. The molecule has 12 rings (SSSR count). The van der Waals surface area contributed by atoms with Crippen molar-refractivity contribution in [2.24, 2.45) is 5.92 Å². The minimum absolute atomic E-state index is 0.149. The maximum Gasteiger partial charge on any atom is 0.0585 e. The van der Waals surface area contributed by atoms with Crippen molar-refractivity contribution in [2.75, 3.05) is 9.80 Å². The number of allylic oxidation sites excluding steroid dienone is 2. The number of para-hydroxylation sites is 4. The molecule has 0 saturated carbocycles. The zero-order valence-corrected chi connectivity index (χ0v) is 38.0. The first-order valence-corrected chi connectivity index (χ1v) is 23.4. The van der Waals surface area contributed by atoms with Crippen molar-refractivity contribution >= 4 is 72.0 Å². The SMILES string of the molecule is CC1=CC(C)C(N(c2ccc(-c3ccc(N(c4ccc(C)cc4)c4ccc5c(c4)c4ccccc4n5-c4ccccc4)cc3)cc2)c2ccc3c(c2)c2ccccc2n3-c2ccccc2)C=C1. The summed E-state index contributed by atoms with van der Waals surface area (Å²) in [5.74, 6) is 0.318. The number of hydrogen-bond acceptors (Lipinski definition) is 2. The number of benzene rings is 9. The summed E-state index contributed by atoms with van der Waals surface area (Å²) in [7, 11) is 0. The largest absolute Gasteiger partial charge is 0.334 e.